The quantitative estimate of drug-likeness (QED) is 0.834. The van der Waals surface area contributed by atoms with Gasteiger partial charge in [-0.15, -0.1) is 0 Å². The molecule has 0 aliphatic heterocycles. The molecule has 0 atom stereocenters. The fourth-order valence-electron chi connectivity index (χ4n) is 1.80. The highest BCUT2D eigenvalue weighted by Gasteiger charge is 2.06. The minimum Gasteiger partial charge on any atom is -0.439 e. The van der Waals surface area contributed by atoms with E-state index in [0.29, 0.717) is 13.0 Å². The number of carbonyl (C=O) groups is 2. The standard InChI is InChI=1S/C16H18N4O3/c1-17-15(21)11-23-16(22)18-10-9-13-7-8-14(20-19-13)12-5-3-2-4-6-12/h2-8H,9-11H2,1H3,(H,17,21)(H,18,22). The Hall–Kier alpha value is -2.96. The molecule has 0 aliphatic carbocycles. The number of rotatable bonds is 6. The molecule has 2 aromatic rings. The molecule has 23 heavy (non-hydrogen) atoms. The highest BCUT2D eigenvalue weighted by Crippen LogP contribution is 2.14. The van der Waals surface area contributed by atoms with Crippen molar-refractivity contribution < 1.29 is 14.3 Å². The number of ether oxygens (including phenoxy) is 1. The Bertz CT molecular complexity index is 644. The second-order valence-electron chi connectivity index (χ2n) is 4.70. The zero-order chi connectivity index (χ0) is 16.5. The van der Waals surface area contributed by atoms with Crippen LogP contribution >= 0.6 is 0 Å². The zero-order valence-corrected chi connectivity index (χ0v) is 12.8. The normalized spacial score (nSPS) is 9.96. The van der Waals surface area contributed by atoms with Gasteiger partial charge in [0.15, 0.2) is 6.61 Å². The lowest BCUT2D eigenvalue weighted by molar-refractivity contribution is -0.123. The first-order valence-corrected chi connectivity index (χ1v) is 7.18. The van der Waals surface area contributed by atoms with E-state index in [9.17, 15) is 9.59 Å². The second kappa shape index (κ2) is 8.47. The molecule has 0 saturated carbocycles. The van der Waals surface area contributed by atoms with Gasteiger partial charge in [-0.3, -0.25) is 4.79 Å². The molecule has 1 aromatic heterocycles. The number of carbonyl (C=O) groups excluding carboxylic acids is 2. The Balaban J connectivity index is 1.76. The summed E-state index contributed by atoms with van der Waals surface area (Å²) in [5, 5.41) is 13.2. The topological polar surface area (TPSA) is 93.2 Å². The summed E-state index contributed by atoms with van der Waals surface area (Å²) in [5.74, 6) is -0.359. The lowest BCUT2D eigenvalue weighted by Crippen LogP contribution is -2.31. The van der Waals surface area contributed by atoms with Gasteiger partial charge in [-0.2, -0.15) is 10.2 Å². The third kappa shape index (κ3) is 5.39. The molecule has 2 rings (SSSR count). The summed E-state index contributed by atoms with van der Waals surface area (Å²) >= 11 is 0. The first-order chi connectivity index (χ1) is 11.2. The van der Waals surface area contributed by atoms with E-state index >= 15 is 0 Å². The van der Waals surface area contributed by atoms with Crippen LogP contribution in [-0.2, 0) is 16.0 Å². The molecule has 1 aromatic carbocycles. The van der Waals surface area contributed by atoms with Crippen molar-refractivity contribution >= 4 is 12.0 Å². The smallest absolute Gasteiger partial charge is 0.407 e. The van der Waals surface area contributed by atoms with Gasteiger partial charge >= 0.3 is 6.09 Å². The van der Waals surface area contributed by atoms with Crippen molar-refractivity contribution in [1.82, 2.24) is 20.8 Å². The van der Waals surface area contributed by atoms with Crippen LogP contribution in [0.4, 0.5) is 4.79 Å². The van der Waals surface area contributed by atoms with Crippen LogP contribution in [0.1, 0.15) is 5.69 Å². The van der Waals surface area contributed by atoms with Crippen molar-refractivity contribution in [3.05, 3.63) is 48.2 Å². The van der Waals surface area contributed by atoms with Crippen molar-refractivity contribution in [1.29, 1.82) is 0 Å². The number of aromatic nitrogens is 2. The Morgan fingerprint density at radius 2 is 1.87 bits per heavy atom. The van der Waals surface area contributed by atoms with Gasteiger partial charge in [-0.05, 0) is 12.1 Å². The van der Waals surface area contributed by atoms with Gasteiger partial charge in [-0.25, -0.2) is 4.79 Å². The molecule has 0 unspecified atom stereocenters. The molecule has 0 saturated heterocycles. The van der Waals surface area contributed by atoms with Crippen LogP contribution in [0.3, 0.4) is 0 Å². The van der Waals surface area contributed by atoms with Crippen molar-refractivity contribution in [3.63, 3.8) is 0 Å². The summed E-state index contributed by atoms with van der Waals surface area (Å²) in [6, 6.07) is 13.5. The van der Waals surface area contributed by atoms with Gasteiger partial charge in [0.05, 0.1) is 11.4 Å². The molecule has 7 heteroatoms. The Morgan fingerprint density at radius 3 is 2.52 bits per heavy atom. The summed E-state index contributed by atoms with van der Waals surface area (Å²) in [6.07, 6.45) is -0.112. The monoisotopic (exact) mass is 314 g/mol. The lowest BCUT2D eigenvalue weighted by atomic mass is 10.1. The number of nitrogens with one attached hydrogen (secondary N) is 2. The molecular weight excluding hydrogens is 296 g/mol. The Kier molecular flexibility index (Phi) is 6.05. The summed E-state index contributed by atoms with van der Waals surface area (Å²) < 4.78 is 4.71. The van der Waals surface area contributed by atoms with Crippen LogP contribution in [-0.4, -0.2) is 42.4 Å². The maximum absolute atomic E-state index is 11.3. The minimum atomic E-state index is -0.637. The van der Waals surface area contributed by atoms with Crippen molar-refractivity contribution in [2.24, 2.45) is 0 Å². The molecule has 1 heterocycles. The maximum atomic E-state index is 11.3. The number of amides is 2. The molecular formula is C16H18N4O3. The molecule has 2 N–H and O–H groups in total. The van der Waals surface area contributed by atoms with E-state index in [1.54, 1.807) is 0 Å². The maximum Gasteiger partial charge on any atom is 0.407 e. The molecule has 0 fully saturated rings. The van der Waals surface area contributed by atoms with Crippen LogP contribution < -0.4 is 10.6 Å². The van der Waals surface area contributed by atoms with E-state index in [-0.39, 0.29) is 12.5 Å². The van der Waals surface area contributed by atoms with Gasteiger partial charge in [-0.1, -0.05) is 30.3 Å². The number of benzene rings is 1. The first-order valence-electron chi connectivity index (χ1n) is 7.18. The minimum absolute atomic E-state index is 0.298. The highest BCUT2D eigenvalue weighted by molar-refractivity contribution is 5.79. The largest absolute Gasteiger partial charge is 0.439 e. The number of hydrogen-bond donors (Lipinski definition) is 2. The van der Waals surface area contributed by atoms with Gasteiger partial charge in [0, 0.05) is 25.6 Å². The fourth-order valence-corrected chi connectivity index (χ4v) is 1.80. The predicted molar refractivity (Wildman–Crippen MR) is 84.6 cm³/mol. The number of hydrogen-bond acceptors (Lipinski definition) is 5. The van der Waals surface area contributed by atoms with Crippen molar-refractivity contribution in [2.75, 3.05) is 20.2 Å². The van der Waals surface area contributed by atoms with Gasteiger partial charge < -0.3 is 15.4 Å². The molecule has 0 spiro atoms. The van der Waals surface area contributed by atoms with Crippen molar-refractivity contribution in [2.45, 2.75) is 6.42 Å². The summed E-state index contributed by atoms with van der Waals surface area (Å²) in [5.41, 5.74) is 2.56. The summed E-state index contributed by atoms with van der Waals surface area (Å²) in [6.45, 7) is 0.0554. The molecule has 120 valence electrons. The first kappa shape index (κ1) is 16.4. The van der Waals surface area contributed by atoms with Gasteiger partial charge in [0.25, 0.3) is 5.91 Å². The third-order valence-electron chi connectivity index (χ3n) is 3.05. The van der Waals surface area contributed by atoms with E-state index in [0.717, 1.165) is 17.0 Å². The average molecular weight is 314 g/mol. The molecule has 7 nitrogen and oxygen atoms in total. The zero-order valence-electron chi connectivity index (χ0n) is 12.8. The van der Waals surface area contributed by atoms with Gasteiger partial charge in [0.2, 0.25) is 0 Å². The van der Waals surface area contributed by atoms with Crippen LogP contribution in [0.25, 0.3) is 11.3 Å². The second-order valence-corrected chi connectivity index (χ2v) is 4.70. The SMILES string of the molecule is CNC(=O)COC(=O)NCCc1ccc(-c2ccccc2)nn1. The molecule has 0 radical (unpaired) electrons. The predicted octanol–water partition coefficient (Wildman–Crippen LogP) is 1.16. The Labute approximate surface area is 134 Å². The summed E-state index contributed by atoms with van der Waals surface area (Å²) in [4.78, 5) is 22.3. The lowest BCUT2D eigenvalue weighted by Gasteiger charge is -2.06. The summed E-state index contributed by atoms with van der Waals surface area (Å²) in [7, 11) is 1.47. The van der Waals surface area contributed by atoms with E-state index < -0.39 is 6.09 Å². The van der Waals surface area contributed by atoms with Crippen LogP contribution in [0, 0.1) is 0 Å². The van der Waals surface area contributed by atoms with Crippen LogP contribution in [0.5, 0.6) is 0 Å². The van der Waals surface area contributed by atoms with E-state index in [1.807, 2.05) is 42.5 Å². The molecule has 0 bridgehead atoms. The third-order valence-corrected chi connectivity index (χ3v) is 3.05. The van der Waals surface area contributed by atoms with E-state index in [4.69, 9.17) is 4.74 Å². The Morgan fingerprint density at radius 1 is 1.09 bits per heavy atom. The number of likely N-dealkylation sites (N-methyl/N-ethyl adjacent to an activating group) is 1. The van der Waals surface area contributed by atoms with Gasteiger partial charge in [0.1, 0.15) is 0 Å². The average Bonchev–Trinajstić information content (AvgIpc) is 2.61. The number of nitrogens with zero attached hydrogens (tertiary/aromatic N) is 2. The van der Waals surface area contributed by atoms with E-state index in [2.05, 4.69) is 20.8 Å². The number of alkyl carbamates (subject to hydrolysis) is 1. The highest BCUT2D eigenvalue weighted by atomic mass is 16.6. The van der Waals surface area contributed by atoms with E-state index in [1.165, 1.54) is 7.05 Å². The van der Waals surface area contributed by atoms with Crippen LogP contribution in [0.2, 0.25) is 0 Å². The fraction of sp³-hybridized carbons (Fsp3) is 0.250. The van der Waals surface area contributed by atoms with Crippen molar-refractivity contribution in [3.8, 4) is 11.3 Å². The molecule has 0 aliphatic rings. The molecule has 2 amide bonds. The van der Waals surface area contributed by atoms with Crippen LogP contribution in [0.15, 0.2) is 42.5 Å².